The quantitative estimate of drug-likeness (QED) is 0.510. The molecular formula is C22H31NO2. The zero-order valence-electron chi connectivity index (χ0n) is 16.0. The molecule has 0 saturated heterocycles. The van der Waals surface area contributed by atoms with Crippen molar-refractivity contribution in [3.63, 3.8) is 0 Å². The van der Waals surface area contributed by atoms with Crippen LogP contribution in [-0.2, 0) is 4.74 Å². The number of hydrogen-bond donors (Lipinski definition) is 1. The number of rotatable bonds is 9. The van der Waals surface area contributed by atoms with Crippen molar-refractivity contribution in [1.29, 1.82) is 0 Å². The highest BCUT2D eigenvalue weighted by Crippen LogP contribution is 2.11. The second kappa shape index (κ2) is 12.1. The zero-order valence-corrected chi connectivity index (χ0v) is 16.0. The Hall–Kier alpha value is -2.29. The van der Waals surface area contributed by atoms with Gasteiger partial charge in [-0.3, -0.25) is 5.32 Å². The summed E-state index contributed by atoms with van der Waals surface area (Å²) in [4.78, 5) is 11.7. The summed E-state index contributed by atoms with van der Waals surface area (Å²) in [5.74, 6) is 0. The first-order valence-electron chi connectivity index (χ1n) is 8.91. The summed E-state index contributed by atoms with van der Waals surface area (Å²) in [6, 6.07) is 9.30. The molecule has 25 heavy (non-hydrogen) atoms. The van der Waals surface area contributed by atoms with Crippen LogP contribution < -0.4 is 5.32 Å². The number of carbonyl (C=O) groups excluding carboxylic acids is 1. The molecule has 1 N–H and O–H groups in total. The van der Waals surface area contributed by atoms with Crippen LogP contribution in [0.1, 0.15) is 53.4 Å². The first kappa shape index (κ1) is 20.8. The van der Waals surface area contributed by atoms with E-state index >= 15 is 0 Å². The van der Waals surface area contributed by atoms with Crippen LogP contribution in [0, 0.1) is 0 Å². The van der Waals surface area contributed by atoms with Gasteiger partial charge in [-0.1, -0.05) is 47.1 Å². The van der Waals surface area contributed by atoms with Crippen LogP contribution in [0.25, 0.3) is 0 Å². The molecule has 0 spiro atoms. The molecule has 0 aliphatic carbocycles. The van der Waals surface area contributed by atoms with E-state index in [2.05, 4.69) is 45.2 Å². The first-order chi connectivity index (χ1) is 12.0. The van der Waals surface area contributed by atoms with Gasteiger partial charge in [0.15, 0.2) is 0 Å². The highest BCUT2D eigenvalue weighted by atomic mass is 16.5. The lowest BCUT2D eigenvalue weighted by Crippen LogP contribution is -2.13. The van der Waals surface area contributed by atoms with E-state index in [1.165, 1.54) is 16.7 Å². The molecule has 0 saturated carbocycles. The Morgan fingerprint density at radius 1 is 0.920 bits per heavy atom. The molecule has 0 heterocycles. The normalized spacial score (nSPS) is 11.8. The SMILES string of the molecule is CC(C)=CCCC(C)=CCCC(C)=CCOC(=O)Nc1ccccc1. The molecule has 1 aromatic rings. The fourth-order valence-corrected chi connectivity index (χ4v) is 2.27. The second-order valence-electron chi connectivity index (χ2n) is 6.55. The van der Waals surface area contributed by atoms with E-state index in [1.54, 1.807) is 0 Å². The molecule has 1 amide bonds. The van der Waals surface area contributed by atoms with Crippen LogP contribution >= 0.6 is 0 Å². The molecular weight excluding hydrogens is 310 g/mol. The van der Waals surface area contributed by atoms with E-state index in [1.807, 2.05) is 36.4 Å². The minimum absolute atomic E-state index is 0.299. The van der Waals surface area contributed by atoms with Gasteiger partial charge < -0.3 is 4.74 Å². The molecule has 3 heteroatoms. The number of allylic oxidation sites excluding steroid dienone is 5. The van der Waals surface area contributed by atoms with Gasteiger partial charge in [-0.2, -0.15) is 0 Å². The topological polar surface area (TPSA) is 38.3 Å². The summed E-state index contributed by atoms with van der Waals surface area (Å²) < 4.78 is 5.17. The molecule has 0 fully saturated rings. The van der Waals surface area contributed by atoms with Crippen molar-refractivity contribution in [3.05, 3.63) is 65.3 Å². The van der Waals surface area contributed by atoms with Crippen LogP contribution in [-0.4, -0.2) is 12.7 Å². The van der Waals surface area contributed by atoms with E-state index < -0.39 is 6.09 Å². The maximum Gasteiger partial charge on any atom is 0.411 e. The monoisotopic (exact) mass is 341 g/mol. The smallest absolute Gasteiger partial charge is 0.411 e. The highest BCUT2D eigenvalue weighted by molar-refractivity contribution is 5.84. The Labute approximate surface area is 152 Å². The molecule has 0 aliphatic heterocycles. The number of benzene rings is 1. The van der Waals surface area contributed by atoms with Crippen molar-refractivity contribution in [2.75, 3.05) is 11.9 Å². The lowest BCUT2D eigenvalue weighted by Gasteiger charge is -2.05. The molecule has 3 nitrogen and oxygen atoms in total. The standard InChI is InChI=1S/C22H31NO2/c1-18(2)10-8-11-19(3)12-9-13-20(4)16-17-25-22(24)23-21-14-6-5-7-15-21/h5-7,10,12,14-16H,8-9,11,13,17H2,1-4H3,(H,23,24). The summed E-state index contributed by atoms with van der Waals surface area (Å²) >= 11 is 0. The minimum atomic E-state index is -0.426. The summed E-state index contributed by atoms with van der Waals surface area (Å²) in [6.07, 6.45) is 10.4. The van der Waals surface area contributed by atoms with Crippen molar-refractivity contribution >= 4 is 11.8 Å². The molecule has 0 aromatic heterocycles. The lowest BCUT2D eigenvalue weighted by molar-refractivity contribution is 0.174. The number of carbonyl (C=O) groups is 1. The molecule has 136 valence electrons. The number of anilines is 1. The van der Waals surface area contributed by atoms with Crippen molar-refractivity contribution < 1.29 is 9.53 Å². The Bertz CT molecular complexity index is 608. The van der Waals surface area contributed by atoms with Crippen LogP contribution in [0.3, 0.4) is 0 Å². The number of ether oxygens (including phenoxy) is 1. The van der Waals surface area contributed by atoms with E-state index in [4.69, 9.17) is 4.74 Å². The van der Waals surface area contributed by atoms with Gasteiger partial charge in [0.25, 0.3) is 0 Å². The number of amides is 1. The first-order valence-corrected chi connectivity index (χ1v) is 8.91. The predicted molar refractivity (Wildman–Crippen MR) is 107 cm³/mol. The fraction of sp³-hybridized carbons (Fsp3) is 0.409. The largest absolute Gasteiger partial charge is 0.445 e. The Morgan fingerprint density at radius 2 is 1.52 bits per heavy atom. The summed E-state index contributed by atoms with van der Waals surface area (Å²) in [5, 5.41) is 2.70. The van der Waals surface area contributed by atoms with Gasteiger partial charge in [-0.15, -0.1) is 0 Å². The van der Waals surface area contributed by atoms with Crippen LogP contribution in [0.2, 0.25) is 0 Å². The summed E-state index contributed by atoms with van der Waals surface area (Å²) in [7, 11) is 0. The van der Waals surface area contributed by atoms with E-state index in [0.29, 0.717) is 6.61 Å². The third-order valence-corrected chi connectivity index (χ3v) is 3.79. The van der Waals surface area contributed by atoms with Crippen LogP contribution in [0.5, 0.6) is 0 Å². The predicted octanol–water partition coefficient (Wildman–Crippen LogP) is 6.65. The van der Waals surface area contributed by atoms with E-state index in [0.717, 1.165) is 31.4 Å². The van der Waals surface area contributed by atoms with Gasteiger partial charge >= 0.3 is 6.09 Å². The molecule has 1 aromatic carbocycles. The third kappa shape index (κ3) is 11.0. The Morgan fingerprint density at radius 3 is 2.16 bits per heavy atom. The minimum Gasteiger partial charge on any atom is -0.445 e. The average molecular weight is 341 g/mol. The summed E-state index contributed by atoms with van der Waals surface area (Å²) in [5.41, 5.74) is 4.79. The van der Waals surface area contributed by atoms with Gasteiger partial charge in [0.2, 0.25) is 0 Å². The Balaban J connectivity index is 2.22. The average Bonchev–Trinajstić information content (AvgIpc) is 2.55. The lowest BCUT2D eigenvalue weighted by atomic mass is 10.1. The molecule has 0 unspecified atom stereocenters. The van der Waals surface area contributed by atoms with Crippen LogP contribution in [0.15, 0.2) is 65.3 Å². The second-order valence-corrected chi connectivity index (χ2v) is 6.55. The highest BCUT2D eigenvalue weighted by Gasteiger charge is 2.01. The van der Waals surface area contributed by atoms with Gasteiger partial charge in [-0.05, 0) is 71.6 Å². The molecule has 1 rings (SSSR count). The van der Waals surface area contributed by atoms with Crippen molar-refractivity contribution in [2.24, 2.45) is 0 Å². The van der Waals surface area contributed by atoms with E-state index in [-0.39, 0.29) is 0 Å². The molecule has 0 atom stereocenters. The number of para-hydroxylation sites is 1. The van der Waals surface area contributed by atoms with E-state index in [9.17, 15) is 4.79 Å². The third-order valence-electron chi connectivity index (χ3n) is 3.79. The maximum absolute atomic E-state index is 11.7. The van der Waals surface area contributed by atoms with Crippen molar-refractivity contribution in [1.82, 2.24) is 0 Å². The van der Waals surface area contributed by atoms with Crippen LogP contribution in [0.4, 0.5) is 10.5 Å². The Kier molecular flexibility index (Phi) is 10.1. The van der Waals surface area contributed by atoms with Crippen molar-refractivity contribution in [2.45, 2.75) is 53.4 Å². The fourth-order valence-electron chi connectivity index (χ4n) is 2.27. The molecule has 0 aliphatic rings. The number of hydrogen-bond acceptors (Lipinski definition) is 2. The van der Waals surface area contributed by atoms with Crippen molar-refractivity contribution in [3.8, 4) is 0 Å². The maximum atomic E-state index is 11.7. The summed E-state index contributed by atoms with van der Waals surface area (Å²) in [6.45, 7) is 8.83. The van der Waals surface area contributed by atoms with Gasteiger partial charge in [0.05, 0.1) is 0 Å². The molecule has 0 bridgehead atoms. The van der Waals surface area contributed by atoms with Gasteiger partial charge in [-0.25, -0.2) is 4.79 Å². The molecule has 0 radical (unpaired) electrons. The van der Waals surface area contributed by atoms with Gasteiger partial charge in [0.1, 0.15) is 6.61 Å². The van der Waals surface area contributed by atoms with Gasteiger partial charge in [0, 0.05) is 5.69 Å². The zero-order chi connectivity index (χ0) is 18.5. The number of nitrogens with one attached hydrogen (secondary N) is 1.